The molecule has 0 heterocycles. The second kappa shape index (κ2) is 7.67. The highest BCUT2D eigenvalue weighted by molar-refractivity contribution is 5.73. The van der Waals surface area contributed by atoms with Crippen LogP contribution in [0.4, 0.5) is 0 Å². The zero-order chi connectivity index (χ0) is 21.0. The molecular weight excluding hydrogens is 360 g/mol. The van der Waals surface area contributed by atoms with Crippen LogP contribution in [-0.4, -0.2) is 48.7 Å². The SMILES string of the molecule is CC(=O)N[C@H]1CC[C@@]2(C)C(=CC[C@H]3[C@@H]4CC[C@H]([C@H](C)N(C)C)[C@@]4(CO)CC[C@@H]32)C1. The van der Waals surface area contributed by atoms with Crippen LogP contribution in [0, 0.1) is 34.5 Å². The zero-order valence-corrected chi connectivity index (χ0v) is 19.2. The molecule has 0 aromatic rings. The van der Waals surface area contributed by atoms with Crippen molar-refractivity contribution in [1.82, 2.24) is 10.2 Å². The van der Waals surface area contributed by atoms with Crippen molar-refractivity contribution in [3.8, 4) is 0 Å². The van der Waals surface area contributed by atoms with Crippen LogP contribution in [0.25, 0.3) is 0 Å². The predicted octanol–water partition coefficient (Wildman–Crippen LogP) is 3.99. The van der Waals surface area contributed by atoms with Crippen LogP contribution in [0.15, 0.2) is 11.6 Å². The number of hydrogen-bond acceptors (Lipinski definition) is 3. The minimum atomic E-state index is 0.102. The molecule has 3 saturated carbocycles. The summed E-state index contributed by atoms with van der Waals surface area (Å²) in [6.45, 7) is 6.88. The molecule has 4 aliphatic rings. The third kappa shape index (κ3) is 3.29. The molecule has 1 amide bonds. The van der Waals surface area contributed by atoms with E-state index >= 15 is 0 Å². The molecule has 0 aromatic carbocycles. The fourth-order valence-electron chi connectivity index (χ4n) is 8.32. The Morgan fingerprint density at radius 3 is 2.66 bits per heavy atom. The van der Waals surface area contributed by atoms with Crippen LogP contribution in [-0.2, 0) is 4.79 Å². The Kier molecular flexibility index (Phi) is 5.65. The van der Waals surface area contributed by atoms with Gasteiger partial charge in [0.25, 0.3) is 0 Å². The van der Waals surface area contributed by atoms with Crippen LogP contribution < -0.4 is 5.32 Å². The van der Waals surface area contributed by atoms with Crippen molar-refractivity contribution in [2.24, 2.45) is 34.5 Å². The normalized spacial score (nSPS) is 45.1. The Hall–Kier alpha value is -0.870. The number of carbonyl (C=O) groups excluding carboxylic acids is 1. The van der Waals surface area contributed by atoms with E-state index in [-0.39, 0.29) is 11.3 Å². The van der Waals surface area contributed by atoms with Crippen LogP contribution in [0.3, 0.4) is 0 Å². The third-order valence-corrected chi connectivity index (χ3v) is 9.99. The molecule has 0 aliphatic heterocycles. The lowest BCUT2D eigenvalue weighted by molar-refractivity contribution is -0.120. The van der Waals surface area contributed by atoms with Crippen molar-refractivity contribution in [2.45, 2.75) is 84.2 Å². The number of allylic oxidation sites excluding steroid dienone is 1. The lowest BCUT2D eigenvalue weighted by Gasteiger charge is -2.59. The number of carbonyl (C=O) groups is 1. The lowest BCUT2D eigenvalue weighted by atomic mass is 9.46. The van der Waals surface area contributed by atoms with E-state index in [1.165, 1.54) is 38.5 Å². The molecule has 0 bridgehead atoms. The number of amides is 1. The molecule has 0 aromatic heterocycles. The molecule has 0 spiro atoms. The Labute approximate surface area is 177 Å². The van der Waals surface area contributed by atoms with Gasteiger partial charge in [-0.2, -0.15) is 0 Å². The van der Waals surface area contributed by atoms with Gasteiger partial charge < -0.3 is 15.3 Å². The summed E-state index contributed by atoms with van der Waals surface area (Å²) in [6, 6.07) is 0.849. The first kappa shape index (κ1) is 21.4. The average molecular weight is 403 g/mol. The molecule has 4 nitrogen and oxygen atoms in total. The number of nitrogens with one attached hydrogen (secondary N) is 1. The van der Waals surface area contributed by atoms with Gasteiger partial charge in [-0.3, -0.25) is 4.79 Å². The number of rotatable bonds is 4. The van der Waals surface area contributed by atoms with Crippen molar-refractivity contribution in [1.29, 1.82) is 0 Å². The Bertz CT molecular complexity index is 674. The van der Waals surface area contributed by atoms with E-state index in [0.717, 1.165) is 24.7 Å². The van der Waals surface area contributed by atoms with Gasteiger partial charge in [0.05, 0.1) is 0 Å². The topological polar surface area (TPSA) is 52.6 Å². The van der Waals surface area contributed by atoms with E-state index in [1.807, 2.05) is 0 Å². The van der Waals surface area contributed by atoms with Crippen LogP contribution in [0.5, 0.6) is 0 Å². The largest absolute Gasteiger partial charge is 0.396 e. The first-order chi connectivity index (χ1) is 13.7. The molecule has 0 radical (unpaired) electrons. The monoisotopic (exact) mass is 402 g/mol. The number of nitrogens with zero attached hydrogens (tertiary/aromatic N) is 1. The summed E-state index contributed by atoms with van der Waals surface area (Å²) in [4.78, 5) is 13.9. The van der Waals surface area contributed by atoms with Crippen molar-refractivity contribution >= 4 is 5.91 Å². The highest BCUT2D eigenvalue weighted by atomic mass is 16.3. The molecule has 164 valence electrons. The summed E-state index contributed by atoms with van der Waals surface area (Å²) in [7, 11) is 4.39. The van der Waals surface area contributed by atoms with Gasteiger partial charge in [0.1, 0.15) is 0 Å². The maximum absolute atomic E-state index is 11.5. The molecule has 0 saturated heterocycles. The molecule has 29 heavy (non-hydrogen) atoms. The Morgan fingerprint density at radius 2 is 2.00 bits per heavy atom. The second-order valence-electron chi connectivity index (χ2n) is 11.2. The third-order valence-electron chi connectivity index (χ3n) is 9.99. The highest BCUT2D eigenvalue weighted by Gasteiger charge is 2.61. The van der Waals surface area contributed by atoms with Gasteiger partial charge in [0.2, 0.25) is 5.91 Å². The summed E-state index contributed by atoms with van der Waals surface area (Å²) >= 11 is 0. The fraction of sp³-hybridized carbons (Fsp3) is 0.880. The van der Waals surface area contributed by atoms with Crippen molar-refractivity contribution < 1.29 is 9.90 Å². The second-order valence-corrected chi connectivity index (χ2v) is 11.2. The first-order valence-electron chi connectivity index (χ1n) is 12.0. The zero-order valence-electron chi connectivity index (χ0n) is 19.2. The molecule has 4 rings (SSSR count). The van der Waals surface area contributed by atoms with Crippen molar-refractivity contribution in [3.05, 3.63) is 11.6 Å². The molecule has 4 aliphatic carbocycles. The molecular formula is C25H42N2O2. The van der Waals surface area contributed by atoms with E-state index in [2.05, 4.69) is 44.2 Å². The van der Waals surface area contributed by atoms with Crippen molar-refractivity contribution in [2.75, 3.05) is 20.7 Å². The van der Waals surface area contributed by atoms with E-state index < -0.39 is 0 Å². The predicted molar refractivity (Wildman–Crippen MR) is 117 cm³/mol. The van der Waals surface area contributed by atoms with E-state index in [9.17, 15) is 9.90 Å². The Morgan fingerprint density at radius 1 is 1.24 bits per heavy atom. The minimum absolute atomic E-state index is 0.102. The van der Waals surface area contributed by atoms with Gasteiger partial charge in [0.15, 0.2) is 0 Å². The van der Waals surface area contributed by atoms with Gasteiger partial charge in [-0.15, -0.1) is 0 Å². The molecule has 8 atom stereocenters. The number of aliphatic hydroxyl groups is 1. The average Bonchev–Trinajstić information content (AvgIpc) is 3.07. The van der Waals surface area contributed by atoms with Gasteiger partial charge >= 0.3 is 0 Å². The maximum Gasteiger partial charge on any atom is 0.217 e. The van der Waals surface area contributed by atoms with Crippen LogP contribution in [0.1, 0.15) is 72.1 Å². The molecule has 2 N–H and O–H groups in total. The van der Waals surface area contributed by atoms with Gasteiger partial charge in [-0.25, -0.2) is 0 Å². The number of fused-ring (bicyclic) bond motifs is 5. The summed E-state index contributed by atoms with van der Waals surface area (Å²) in [5.74, 6) is 2.86. The standard InChI is InChI=1S/C25H42N2O2/c1-16(27(4)5)21-8-9-23-20-7-6-18-14-19(26-17(2)29)10-12-24(18,3)22(20)11-13-25(21,23)15-28/h6,16,19-23,28H,7-15H2,1-5H3,(H,26,29)/t16-,19-,20+,21+,22-,23-,24-,25-/m0/s1. The maximum atomic E-state index is 11.5. The lowest BCUT2D eigenvalue weighted by Crippen LogP contribution is -2.55. The van der Waals surface area contributed by atoms with E-state index in [4.69, 9.17) is 0 Å². The quantitative estimate of drug-likeness (QED) is 0.699. The van der Waals surface area contributed by atoms with E-state index in [0.29, 0.717) is 35.9 Å². The highest BCUT2D eigenvalue weighted by Crippen LogP contribution is 2.66. The summed E-state index contributed by atoms with van der Waals surface area (Å²) < 4.78 is 0. The Balaban J connectivity index is 1.59. The van der Waals surface area contributed by atoms with Gasteiger partial charge in [-0.05, 0) is 101 Å². The molecule has 3 fully saturated rings. The van der Waals surface area contributed by atoms with Gasteiger partial charge in [-0.1, -0.05) is 18.6 Å². The summed E-state index contributed by atoms with van der Waals surface area (Å²) in [5, 5.41) is 13.9. The smallest absolute Gasteiger partial charge is 0.217 e. The van der Waals surface area contributed by atoms with E-state index in [1.54, 1.807) is 12.5 Å². The first-order valence-corrected chi connectivity index (χ1v) is 12.0. The van der Waals surface area contributed by atoms with Gasteiger partial charge in [0, 0.05) is 31.0 Å². The van der Waals surface area contributed by atoms with Crippen molar-refractivity contribution in [3.63, 3.8) is 0 Å². The number of aliphatic hydroxyl groups excluding tert-OH is 1. The molecule has 0 unspecified atom stereocenters. The number of hydrogen-bond donors (Lipinski definition) is 2. The van der Waals surface area contributed by atoms with Crippen LogP contribution >= 0.6 is 0 Å². The minimum Gasteiger partial charge on any atom is -0.396 e. The summed E-state index contributed by atoms with van der Waals surface area (Å²) in [6.07, 6.45) is 12.1. The van der Waals surface area contributed by atoms with Crippen LogP contribution in [0.2, 0.25) is 0 Å². The fourth-order valence-corrected chi connectivity index (χ4v) is 8.32. The summed E-state index contributed by atoms with van der Waals surface area (Å²) in [5.41, 5.74) is 2.03. The molecule has 4 heteroatoms.